The predicted molar refractivity (Wildman–Crippen MR) is 74.1 cm³/mol. The fourth-order valence-corrected chi connectivity index (χ4v) is 1.93. The van der Waals surface area contributed by atoms with Crippen molar-refractivity contribution in [1.82, 2.24) is 4.98 Å². The highest BCUT2D eigenvalue weighted by atomic mass is 35.5. The van der Waals surface area contributed by atoms with Crippen molar-refractivity contribution < 1.29 is 4.79 Å². The van der Waals surface area contributed by atoms with Gasteiger partial charge in [0.05, 0.1) is 5.02 Å². The first kappa shape index (κ1) is 12.8. The predicted octanol–water partition coefficient (Wildman–Crippen LogP) is 4.28. The van der Waals surface area contributed by atoms with Gasteiger partial charge in [0.25, 0.3) is 0 Å². The lowest BCUT2D eigenvalue weighted by Crippen LogP contribution is -1.95. The van der Waals surface area contributed by atoms with E-state index in [1.807, 2.05) is 12.1 Å². The average molecular weight is 278 g/mol. The molecule has 0 spiro atoms. The molecular formula is C14H9Cl2NO. The number of carbonyl (C=O) groups is 1. The standard InChI is InChI=1S/C14H9Cl2NO/c15-11-2-3-12(13(16)9-11)14(18)4-1-10-5-7-17-8-6-10/h1-9H/b4-1+. The van der Waals surface area contributed by atoms with Crippen LogP contribution in [0.4, 0.5) is 0 Å². The molecule has 0 saturated heterocycles. The summed E-state index contributed by atoms with van der Waals surface area (Å²) < 4.78 is 0. The third kappa shape index (κ3) is 3.19. The Bertz CT molecular complexity index is 594. The van der Waals surface area contributed by atoms with Crippen LogP contribution in [0.2, 0.25) is 10.0 Å². The first-order valence-electron chi connectivity index (χ1n) is 5.24. The van der Waals surface area contributed by atoms with Crippen LogP contribution >= 0.6 is 23.2 Å². The van der Waals surface area contributed by atoms with Crippen LogP contribution in [0.25, 0.3) is 6.08 Å². The maximum Gasteiger partial charge on any atom is 0.187 e. The number of hydrogen-bond donors (Lipinski definition) is 0. The molecule has 0 aliphatic heterocycles. The molecule has 2 rings (SSSR count). The summed E-state index contributed by atoms with van der Waals surface area (Å²) in [7, 11) is 0. The van der Waals surface area contributed by atoms with Gasteiger partial charge in [0, 0.05) is 23.0 Å². The molecular weight excluding hydrogens is 269 g/mol. The lowest BCUT2D eigenvalue weighted by molar-refractivity contribution is 0.104. The minimum Gasteiger partial charge on any atom is -0.289 e. The Morgan fingerprint density at radius 1 is 1.11 bits per heavy atom. The van der Waals surface area contributed by atoms with Gasteiger partial charge in [-0.25, -0.2) is 0 Å². The Kier molecular flexibility index (Phi) is 4.13. The number of carbonyl (C=O) groups excluding carboxylic acids is 1. The van der Waals surface area contributed by atoms with Crippen LogP contribution in [0.5, 0.6) is 0 Å². The number of benzene rings is 1. The lowest BCUT2D eigenvalue weighted by atomic mass is 10.1. The van der Waals surface area contributed by atoms with E-state index in [-0.39, 0.29) is 5.78 Å². The summed E-state index contributed by atoms with van der Waals surface area (Å²) in [6.07, 6.45) is 6.53. The second kappa shape index (κ2) is 5.80. The van der Waals surface area contributed by atoms with Gasteiger partial charge in [-0.3, -0.25) is 9.78 Å². The molecule has 0 amide bonds. The summed E-state index contributed by atoms with van der Waals surface area (Å²) in [6.45, 7) is 0. The highest BCUT2D eigenvalue weighted by Gasteiger charge is 2.07. The number of aromatic nitrogens is 1. The summed E-state index contributed by atoms with van der Waals surface area (Å²) in [5.74, 6) is -0.159. The molecule has 0 bridgehead atoms. The Labute approximate surface area is 115 Å². The molecule has 1 aromatic carbocycles. The van der Waals surface area contributed by atoms with Gasteiger partial charge in [-0.1, -0.05) is 29.3 Å². The van der Waals surface area contributed by atoms with Gasteiger partial charge in [0.1, 0.15) is 0 Å². The van der Waals surface area contributed by atoms with Crippen LogP contribution in [0, 0.1) is 0 Å². The van der Waals surface area contributed by atoms with E-state index in [2.05, 4.69) is 4.98 Å². The van der Waals surface area contributed by atoms with Crippen LogP contribution in [0.3, 0.4) is 0 Å². The maximum absolute atomic E-state index is 11.9. The average Bonchev–Trinajstić information content (AvgIpc) is 2.37. The van der Waals surface area contributed by atoms with Gasteiger partial charge in [-0.15, -0.1) is 0 Å². The van der Waals surface area contributed by atoms with Crippen LogP contribution in [0.15, 0.2) is 48.8 Å². The van der Waals surface area contributed by atoms with E-state index >= 15 is 0 Å². The quantitative estimate of drug-likeness (QED) is 0.619. The smallest absolute Gasteiger partial charge is 0.187 e. The maximum atomic E-state index is 11.9. The molecule has 4 heteroatoms. The van der Waals surface area contributed by atoms with E-state index < -0.39 is 0 Å². The number of halogens is 2. The molecule has 1 heterocycles. The number of pyridine rings is 1. The van der Waals surface area contributed by atoms with Crippen LogP contribution in [-0.4, -0.2) is 10.8 Å². The summed E-state index contributed by atoms with van der Waals surface area (Å²) in [5.41, 5.74) is 1.34. The molecule has 1 aromatic heterocycles. The third-order valence-corrected chi connectivity index (χ3v) is 2.88. The topological polar surface area (TPSA) is 30.0 Å². The van der Waals surface area contributed by atoms with Crippen molar-refractivity contribution in [3.05, 3.63) is 70.0 Å². The summed E-state index contributed by atoms with van der Waals surface area (Å²) in [4.78, 5) is 15.8. The van der Waals surface area contributed by atoms with E-state index in [1.165, 1.54) is 6.08 Å². The Hall–Kier alpha value is -1.64. The summed E-state index contributed by atoms with van der Waals surface area (Å²) in [6, 6.07) is 8.43. The molecule has 0 saturated carbocycles. The highest BCUT2D eigenvalue weighted by molar-refractivity contribution is 6.37. The van der Waals surface area contributed by atoms with Crippen molar-refractivity contribution in [2.45, 2.75) is 0 Å². The number of allylic oxidation sites excluding steroid dienone is 1. The second-order valence-corrected chi connectivity index (χ2v) is 4.45. The molecule has 0 aliphatic carbocycles. The Morgan fingerprint density at radius 3 is 2.50 bits per heavy atom. The van der Waals surface area contributed by atoms with E-state index in [9.17, 15) is 4.79 Å². The minimum atomic E-state index is -0.159. The van der Waals surface area contributed by atoms with Crippen molar-refractivity contribution in [2.24, 2.45) is 0 Å². The lowest BCUT2D eigenvalue weighted by Gasteiger charge is -2.00. The van der Waals surface area contributed by atoms with Crippen molar-refractivity contribution in [2.75, 3.05) is 0 Å². The van der Waals surface area contributed by atoms with Crippen molar-refractivity contribution in [3.8, 4) is 0 Å². The van der Waals surface area contributed by atoms with Gasteiger partial charge >= 0.3 is 0 Å². The Balaban J connectivity index is 2.20. The largest absolute Gasteiger partial charge is 0.289 e. The van der Waals surface area contributed by atoms with Crippen molar-refractivity contribution in [1.29, 1.82) is 0 Å². The van der Waals surface area contributed by atoms with Crippen LogP contribution < -0.4 is 0 Å². The molecule has 0 fully saturated rings. The number of rotatable bonds is 3. The van der Waals surface area contributed by atoms with Gasteiger partial charge in [-0.05, 0) is 42.0 Å². The third-order valence-electron chi connectivity index (χ3n) is 2.33. The molecule has 0 unspecified atom stereocenters. The molecule has 0 radical (unpaired) electrons. The van der Waals surface area contributed by atoms with E-state index in [0.717, 1.165) is 5.56 Å². The van der Waals surface area contributed by atoms with E-state index in [1.54, 1.807) is 36.7 Å². The van der Waals surface area contributed by atoms with Crippen LogP contribution in [0.1, 0.15) is 15.9 Å². The number of hydrogen-bond acceptors (Lipinski definition) is 2. The van der Waals surface area contributed by atoms with Crippen molar-refractivity contribution in [3.63, 3.8) is 0 Å². The molecule has 0 aliphatic rings. The molecule has 0 N–H and O–H groups in total. The molecule has 2 nitrogen and oxygen atoms in total. The number of nitrogens with zero attached hydrogens (tertiary/aromatic N) is 1. The van der Waals surface area contributed by atoms with Gasteiger partial charge < -0.3 is 0 Å². The molecule has 2 aromatic rings. The SMILES string of the molecule is O=C(/C=C/c1ccncc1)c1ccc(Cl)cc1Cl. The summed E-state index contributed by atoms with van der Waals surface area (Å²) >= 11 is 11.7. The van der Waals surface area contributed by atoms with E-state index in [4.69, 9.17) is 23.2 Å². The zero-order valence-corrected chi connectivity index (χ0v) is 10.8. The van der Waals surface area contributed by atoms with Gasteiger partial charge in [0.15, 0.2) is 5.78 Å². The first-order valence-corrected chi connectivity index (χ1v) is 6.00. The normalized spacial score (nSPS) is 10.8. The molecule has 90 valence electrons. The zero-order chi connectivity index (χ0) is 13.0. The zero-order valence-electron chi connectivity index (χ0n) is 9.31. The second-order valence-electron chi connectivity index (χ2n) is 3.60. The van der Waals surface area contributed by atoms with Crippen LogP contribution in [-0.2, 0) is 0 Å². The van der Waals surface area contributed by atoms with Gasteiger partial charge in [-0.2, -0.15) is 0 Å². The molecule has 18 heavy (non-hydrogen) atoms. The fraction of sp³-hybridized carbons (Fsp3) is 0. The Morgan fingerprint density at radius 2 is 1.83 bits per heavy atom. The number of ketones is 1. The summed E-state index contributed by atoms with van der Waals surface area (Å²) in [5, 5.41) is 0.863. The highest BCUT2D eigenvalue weighted by Crippen LogP contribution is 2.21. The fourth-order valence-electron chi connectivity index (χ4n) is 1.43. The monoisotopic (exact) mass is 277 g/mol. The van der Waals surface area contributed by atoms with Crippen molar-refractivity contribution >= 4 is 35.1 Å². The first-order chi connectivity index (χ1) is 8.66. The minimum absolute atomic E-state index is 0.159. The van der Waals surface area contributed by atoms with E-state index in [0.29, 0.717) is 15.6 Å². The molecule has 0 atom stereocenters. The van der Waals surface area contributed by atoms with Gasteiger partial charge in [0.2, 0.25) is 0 Å².